The molecule has 2 heteroatoms. The topological polar surface area (TPSA) is 3.24 Å². The van der Waals surface area contributed by atoms with Crippen LogP contribution in [0, 0.1) is 11.3 Å². The van der Waals surface area contributed by atoms with E-state index in [9.17, 15) is 0 Å². The van der Waals surface area contributed by atoms with Gasteiger partial charge in [0.05, 0.1) is 0 Å². The fourth-order valence-electron chi connectivity index (χ4n) is 3.50. The lowest BCUT2D eigenvalue weighted by atomic mass is 9.81. The third-order valence-electron chi connectivity index (χ3n) is 5.13. The zero-order valence-corrected chi connectivity index (χ0v) is 15.0. The second kappa shape index (κ2) is 9.39. The zero-order chi connectivity index (χ0) is 14.1. The first-order chi connectivity index (χ1) is 9.19. The van der Waals surface area contributed by atoms with Gasteiger partial charge in [-0.05, 0) is 30.7 Å². The van der Waals surface area contributed by atoms with E-state index in [0.29, 0.717) is 5.41 Å². The second-order valence-corrected chi connectivity index (χ2v) is 7.12. The minimum atomic E-state index is 0.554. The smallest absolute Gasteiger partial charge is 0.0100 e. The molecule has 1 fully saturated rings. The summed E-state index contributed by atoms with van der Waals surface area (Å²) in [5.74, 6) is 0.887. The van der Waals surface area contributed by atoms with Gasteiger partial charge in [-0.3, -0.25) is 0 Å². The van der Waals surface area contributed by atoms with Crippen molar-refractivity contribution in [3.05, 3.63) is 0 Å². The summed E-state index contributed by atoms with van der Waals surface area (Å²) in [5.41, 5.74) is 0.554. The van der Waals surface area contributed by atoms with E-state index in [1.54, 1.807) is 0 Å². The normalized spacial score (nSPS) is 19.9. The maximum Gasteiger partial charge on any atom is 0.0100 e. The van der Waals surface area contributed by atoms with Gasteiger partial charge in [0, 0.05) is 18.4 Å². The van der Waals surface area contributed by atoms with Crippen LogP contribution in [0.25, 0.3) is 0 Å². The van der Waals surface area contributed by atoms with Crippen LogP contribution in [-0.2, 0) is 0 Å². The third-order valence-corrected chi connectivity index (χ3v) is 6.31. The molecule has 114 valence electrons. The molecule has 0 spiro atoms. The molecule has 1 aliphatic rings. The summed E-state index contributed by atoms with van der Waals surface area (Å²) < 4.78 is 0. The Bertz CT molecular complexity index is 217. The molecule has 1 rings (SSSR count). The number of halogens is 1. The van der Waals surface area contributed by atoms with Crippen LogP contribution in [0.2, 0.25) is 0 Å². The Morgan fingerprint density at radius 1 is 1.00 bits per heavy atom. The average Bonchev–Trinajstić information content (AvgIpc) is 2.69. The van der Waals surface area contributed by atoms with Gasteiger partial charge >= 0.3 is 0 Å². The molecule has 0 amide bonds. The van der Waals surface area contributed by atoms with Crippen molar-refractivity contribution >= 4 is 15.9 Å². The molecule has 1 saturated carbocycles. The number of hydrogen-bond donors (Lipinski definition) is 0. The van der Waals surface area contributed by atoms with Crippen LogP contribution in [0.5, 0.6) is 0 Å². The molecule has 0 atom stereocenters. The highest BCUT2D eigenvalue weighted by molar-refractivity contribution is 9.09. The molecule has 0 aliphatic heterocycles. The number of alkyl halides is 1. The van der Waals surface area contributed by atoms with E-state index in [2.05, 4.69) is 41.6 Å². The molecule has 0 N–H and O–H groups in total. The first kappa shape index (κ1) is 17.5. The van der Waals surface area contributed by atoms with Crippen molar-refractivity contribution in [1.29, 1.82) is 0 Å². The molecular formula is C17H34BrN. The quantitative estimate of drug-likeness (QED) is 0.420. The maximum atomic E-state index is 3.83. The monoisotopic (exact) mass is 331 g/mol. The minimum absolute atomic E-state index is 0.554. The van der Waals surface area contributed by atoms with Crippen LogP contribution in [0.1, 0.15) is 72.1 Å². The molecule has 0 bridgehead atoms. The van der Waals surface area contributed by atoms with Crippen molar-refractivity contribution in [1.82, 2.24) is 4.90 Å². The van der Waals surface area contributed by atoms with Gasteiger partial charge in [0.1, 0.15) is 0 Å². The van der Waals surface area contributed by atoms with Crippen LogP contribution in [-0.4, -0.2) is 29.9 Å². The SMILES string of the molecule is CCC(CC)CN(CC)CC1(CBr)CCCCCC1. The van der Waals surface area contributed by atoms with Crippen molar-refractivity contribution in [3.8, 4) is 0 Å². The van der Waals surface area contributed by atoms with E-state index >= 15 is 0 Å². The van der Waals surface area contributed by atoms with Crippen LogP contribution < -0.4 is 0 Å². The average molecular weight is 332 g/mol. The predicted octanol–water partition coefficient (Wildman–Crippen LogP) is 5.48. The molecule has 0 aromatic heterocycles. The number of rotatable bonds is 8. The van der Waals surface area contributed by atoms with E-state index in [1.165, 1.54) is 76.3 Å². The van der Waals surface area contributed by atoms with Crippen LogP contribution in [0.3, 0.4) is 0 Å². The summed E-state index contributed by atoms with van der Waals surface area (Å²) in [6.45, 7) is 10.8. The van der Waals surface area contributed by atoms with Gasteiger partial charge in [-0.15, -0.1) is 0 Å². The number of nitrogens with zero attached hydrogens (tertiary/aromatic N) is 1. The summed E-state index contributed by atoms with van der Waals surface area (Å²) in [6.07, 6.45) is 11.3. The molecule has 19 heavy (non-hydrogen) atoms. The van der Waals surface area contributed by atoms with Crippen LogP contribution in [0.4, 0.5) is 0 Å². The second-order valence-electron chi connectivity index (χ2n) is 6.56. The first-order valence-corrected chi connectivity index (χ1v) is 9.60. The summed E-state index contributed by atoms with van der Waals surface area (Å²) in [6, 6.07) is 0. The third kappa shape index (κ3) is 5.75. The van der Waals surface area contributed by atoms with Gasteiger partial charge in [-0.1, -0.05) is 75.2 Å². The Labute approximate surface area is 129 Å². The molecular weight excluding hydrogens is 298 g/mol. The van der Waals surface area contributed by atoms with Gasteiger partial charge in [-0.25, -0.2) is 0 Å². The lowest BCUT2D eigenvalue weighted by Gasteiger charge is -2.37. The van der Waals surface area contributed by atoms with Gasteiger partial charge in [0.25, 0.3) is 0 Å². The molecule has 1 aliphatic carbocycles. The molecule has 0 aromatic rings. The molecule has 0 heterocycles. The fourth-order valence-corrected chi connectivity index (χ4v) is 4.24. The summed E-state index contributed by atoms with van der Waals surface area (Å²) in [7, 11) is 0. The Morgan fingerprint density at radius 3 is 2.00 bits per heavy atom. The summed E-state index contributed by atoms with van der Waals surface area (Å²) in [4.78, 5) is 2.73. The fraction of sp³-hybridized carbons (Fsp3) is 1.00. The van der Waals surface area contributed by atoms with Gasteiger partial charge < -0.3 is 4.90 Å². The Hall–Kier alpha value is 0.440. The largest absolute Gasteiger partial charge is 0.303 e. The van der Waals surface area contributed by atoms with E-state index in [1.807, 2.05) is 0 Å². The van der Waals surface area contributed by atoms with Gasteiger partial charge in [-0.2, -0.15) is 0 Å². The lowest BCUT2D eigenvalue weighted by molar-refractivity contribution is 0.136. The summed E-state index contributed by atoms with van der Waals surface area (Å²) in [5, 5.41) is 1.19. The van der Waals surface area contributed by atoms with Crippen molar-refractivity contribution in [3.63, 3.8) is 0 Å². The lowest BCUT2D eigenvalue weighted by Crippen LogP contribution is -2.41. The molecule has 0 aromatic carbocycles. The van der Waals surface area contributed by atoms with Crippen LogP contribution >= 0.6 is 15.9 Å². The minimum Gasteiger partial charge on any atom is -0.303 e. The first-order valence-electron chi connectivity index (χ1n) is 8.48. The molecule has 0 radical (unpaired) electrons. The van der Waals surface area contributed by atoms with Gasteiger partial charge in [0.2, 0.25) is 0 Å². The predicted molar refractivity (Wildman–Crippen MR) is 90.1 cm³/mol. The van der Waals surface area contributed by atoms with E-state index in [-0.39, 0.29) is 0 Å². The van der Waals surface area contributed by atoms with Crippen molar-refractivity contribution in [2.24, 2.45) is 11.3 Å². The van der Waals surface area contributed by atoms with Crippen molar-refractivity contribution < 1.29 is 0 Å². The van der Waals surface area contributed by atoms with Crippen LogP contribution in [0.15, 0.2) is 0 Å². The Balaban J connectivity index is 2.59. The van der Waals surface area contributed by atoms with E-state index < -0.39 is 0 Å². The van der Waals surface area contributed by atoms with E-state index in [0.717, 1.165) is 5.92 Å². The van der Waals surface area contributed by atoms with Crippen molar-refractivity contribution in [2.75, 3.05) is 25.0 Å². The Kier molecular flexibility index (Phi) is 8.64. The molecule has 0 unspecified atom stereocenters. The molecule has 0 saturated heterocycles. The highest BCUT2D eigenvalue weighted by atomic mass is 79.9. The highest BCUT2D eigenvalue weighted by Gasteiger charge is 2.31. The Morgan fingerprint density at radius 2 is 1.58 bits per heavy atom. The number of hydrogen-bond acceptors (Lipinski definition) is 1. The van der Waals surface area contributed by atoms with Gasteiger partial charge in [0.15, 0.2) is 0 Å². The van der Waals surface area contributed by atoms with Crippen molar-refractivity contribution in [2.45, 2.75) is 72.1 Å². The maximum absolute atomic E-state index is 3.83. The molecule has 1 nitrogen and oxygen atoms in total. The van der Waals surface area contributed by atoms with E-state index in [4.69, 9.17) is 0 Å². The zero-order valence-electron chi connectivity index (χ0n) is 13.4. The summed E-state index contributed by atoms with van der Waals surface area (Å²) >= 11 is 3.83. The highest BCUT2D eigenvalue weighted by Crippen LogP contribution is 2.37. The standard InChI is InChI=1S/C17H34BrN/c1-4-16(5-2)13-19(6-3)15-17(14-18)11-9-7-8-10-12-17/h16H,4-15H2,1-3H3.